The topological polar surface area (TPSA) is 69.4 Å². The van der Waals surface area contributed by atoms with Gasteiger partial charge < -0.3 is 19.2 Å². The van der Waals surface area contributed by atoms with E-state index < -0.39 is 0 Å². The van der Waals surface area contributed by atoms with Crippen molar-refractivity contribution in [2.24, 2.45) is 0 Å². The largest absolute Gasteiger partial charge is 0.497 e. The van der Waals surface area contributed by atoms with E-state index in [4.69, 9.17) is 13.9 Å². The Balaban J connectivity index is 2.18. The van der Waals surface area contributed by atoms with E-state index in [-0.39, 0.29) is 0 Å². The lowest BCUT2D eigenvalue weighted by Gasteiger charge is -2.05. The number of benzene rings is 1. The third-order valence-electron chi connectivity index (χ3n) is 2.77. The molecule has 6 heteroatoms. The molecule has 0 unspecified atom stereocenters. The summed E-state index contributed by atoms with van der Waals surface area (Å²) in [5.41, 5.74) is 0.774. The Labute approximate surface area is 118 Å². The highest BCUT2D eigenvalue weighted by Gasteiger charge is 2.11. The monoisotopic (exact) mass is 277 g/mol. The van der Waals surface area contributed by atoms with Crippen LogP contribution in [0.15, 0.2) is 22.6 Å². The van der Waals surface area contributed by atoms with Crippen LogP contribution in [0, 0.1) is 0 Å². The lowest BCUT2D eigenvalue weighted by molar-refractivity contribution is 0.394. The van der Waals surface area contributed by atoms with Crippen molar-refractivity contribution in [2.45, 2.75) is 19.9 Å². The van der Waals surface area contributed by atoms with E-state index in [2.05, 4.69) is 22.4 Å². The van der Waals surface area contributed by atoms with Crippen LogP contribution in [-0.4, -0.2) is 31.0 Å². The van der Waals surface area contributed by atoms with Gasteiger partial charge >= 0.3 is 0 Å². The summed E-state index contributed by atoms with van der Waals surface area (Å²) in [7, 11) is 3.21. The number of nitrogens with zero attached hydrogens (tertiary/aromatic N) is 2. The molecule has 6 nitrogen and oxygen atoms in total. The molecular weight excluding hydrogens is 258 g/mol. The number of methoxy groups -OCH3 is 2. The molecular formula is C14H19N3O3. The van der Waals surface area contributed by atoms with Crippen LogP contribution in [0.25, 0.3) is 11.5 Å². The van der Waals surface area contributed by atoms with Crippen LogP contribution in [0.5, 0.6) is 11.5 Å². The predicted molar refractivity (Wildman–Crippen MR) is 74.8 cm³/mol. The molecule has 0 amide bonds. The van der Waals surface area contributed by atoms with Gasteiger partial charge in [0.05, 0.1) is 20.8 Å². The number of rotatable bonds is 7. The van der Waals surface area contributed by atoms with Crippen molar-refractivity contribution >= 4 is 0 Å². The first kappa shape index (κ1) is 14.3. The molecule has 1 heterocycles. The van der Waals surface area contributed by atoms with Crippen molar-refractivity contribution in [3.05, 3.63) is 24.1 Å². The van der Waals surface area contributed by atoms with Gasteiger partial charge in [-0.2, -0.15) is 0 Å². The number of nitrogens with one attached hydrogen (secondary N) is 1. The molecule has 0 saturated heterocycles. The van der Waals surface area contributed by atoms with Crippen molar-refractivity contribution in [1.29, 1.82) is 0 Å². The van der Waals surface area contributed by atoms with E-state index in [9.17, 15) is 0 Å². The second-order valence-electron chi connectivity index (χ2n) is 4.28. The summed E-state index contributed by atoms with van der Waals surface area (Å²) in [4.78, 5) is 0. The molecule has 0 aliphatic rings. The minimum absolute atomic E-state index is 0.454. The molecule has 0 saturated carbocycles. The SMILES string of the molecule is CCCNCc1nnc(-c2cc(OC)cc(OC)c2)o1. The van der Waals surface area contributed by atoms with Crippen LogP contribution in [0.3, 0.4) is 0 Å². The standard InChI is InChI=1S/C14H19N3O3/c1-4-5-15-9-13-16-17-14(20-13)10-6-11(18-2)8-12(7-10)19-3/h6-8,15H,4-5,9H2,1-3H3. The van der Waals surface area contributed by atoms with Gasteiger partial charge in [0.15, 0.2) is 0 Å². The summed E-state index contributed by atoms with van der Waals surface area (Å²) in [6.07, 6.45) is 1.06. The Hall–Kier alpha value is -2.08. The van der Waals surface area contributed by atoms with Gasteiger partial charge in [0.1, 0.15) is 11.5 Å². The highest BCUT2D eigenvalue weighted by molar-refractivity contribution is 5.59. The molecule has 1 N–H and O–H groups in total. The maximum Gasteiger partial charge on any atom is 0.248 e. The van der Waals surface area contributed by atoms with Crippen molar-refractivity contribution in [1.82, 2.24) is 15.5 Å². The Morgan fingerprint density at radius 1 is 1.10 bits per heavy atom. The molecule has 0 bridgehead atoms. The Kier molecular flexibility index (Phi) is 4.95. The van der Waals surface area contributed by atoms with Crippen LogP contribution < -0.4 is 14.8 Å². The average Bonchev–Trinajstić information content (AvgIpc) is 2.96. The van der Waals surface area contributed by atoms with Crippen LogP contribution in [0.4, 0.5) is 0 Å². The van der Waals surface area contributed by atoms with Gasteiger partial charge in [0.25, 0.3) is 0 Å². The second-order valence-corrected chi connectivity index (χ2v) is 4.28. The first-order valence-corrected chi connectivity index (χ1v) is 6.53. The van der Waals surface area contributed by atoms with E-state index in [0.717, 1.165) is 18.5 Å². The first-order chi connectivity index (χ1) is 9.76. The molecule has 108 valence electrons. The maximum absolute atomic E-state index is 5.62. The minimum atomic E-state index is 0.454. The van der Waals surface area contributed by atoms with Crippen molar-refractivity contribution in [3.63, 3.8) is 0 Å². The minimum Gasteiger partial charge on any atom is -0.497 e. The zero-order valence-electron chi connectivity index (χ0n) is 12.0. The van der Waals surface area contributed by atoms with E-state index in [0.29, 0.717) is 29.8 Å². The Morgan fingerprint density at radius 2 is 1.80 bits per heavy atom. The summed E-state index contributed by atoms with van der Waals surface area (Å²) in [6, 6.07) is 5.46. The normalized spacial score (nSPS) is 10.6. The number of aromatic nitrogens is 2. The van der Waals surface area contributed by atoms with E-state index in [1.165, 1.54) is 0 Å². The fourth-order valence-corrected chi connectivity index (χ4v) is 1.74. The van der Waals surface area contributed by atoms with Crippen molar-refractivity contribution in [3.8, 4) is 23.0 Å². The predicted octanol–water partition coefficient (Wildman–Crippen LogP) is 2.25. The Bertz CT molecular complexity index is 532. The third kappa shape index (κ3) is 3.48. The molecule has 1 aromatic carbocycles. The summed E-state index contributed by atoms with van der Waals surface area (Å²) >= 11 is 0. The van der Waals surface area contributed by atoms with Gasteiger partial charge in [-0.25, -0.2) is 0 Å². The number of hydrogen-bond donors (Lipinski definition) is 1. The quantitative estimate of drug-likeness (QED) is 0.783. The van der Waals surface area contributed by atoms with Crippen LogP contribution >= 0.6 is 0 Å². The number of hydrogen-bond acceptors (Lipinski definition) is 6. The van der Waals surface area contributed by atoms with E-state index >= 15 is 0 Å². The molecule has 20 heavy (non-hydrogen) atoms. The number of ether oxygens (including phenoxy) is 2. The van der Waals surface area contributed by atoms with E-state index in [1.807, 2.05) is 12.1 Å². The summed E-state index contributed by atoms with van der Waals surface area (Å²) in [5, 5.41) is 11.3. The molecule has 0 radical (unpaired) electrons. The Morgan fingerprint density at radius 3 is 2.40 bits per heavy atom. The lowest BCUT2D eigenvalue weighted by Crippen LogP contribution is -2.13. The van der Waals surface area contributed by atoms with Crippen LogP contribution in [0.2, 0.25) is 0 Å². The van der Waals surface area contributed by atoms with Gasteiger partial charge in [0.2, 0.25) is 11.8 Å². The van der Waals surface area contributed by atoms with Crippen LogP contribution in [-0.2, 0) is 6.54 Å². The molecule has 0 atom stereocenters. The highest BCUT2D eigenvalue weighted by atomic mass is 16.5. The average molecular weight is 277 g/mol. The third-order valence-corrected chi connectivity index (χ3v) is 2.77. The fraction of sp³-hybridized carbons (Fsp3) is 0.429. The molecule has 0 aliphatic heterocycles. The van der Waals surface area contributed by atoms with Crippen molar-refractivity contribution in [2.75, 3.05) is 20.8 Å². The molecule has 0 spiro atoms. The van der Waals surface area contributed by atoms with Gasteiger partial charge in [-0.3, -0.25) is 0 Å². The molecule has 0 fully saturated rings. The molecule has 1 aromatic heterocycles. The van der Waals surface area contributed by atoms with Gasteiger partial charge in [0, 0.05) is 11.6 Å². The van der Waals surface area contributed by atoms with Gasteiger partial charge in [-0.05, 0) is 25.1 Å². The molecule has 2 rings (SSSR count). The maximum atomic E-state index is 5.62. The summed E-state index contributed by atoms with van der Waals surface area (Å²) in [5.74, 6) is 2.39. The fourth-order valence-electron chi connectivity index (χ4n) is 1.74. The van der Waals surface area contributed by atoms with Gasteiger partial charge in [-0.1, -0.05) is 6.92 Å². The second kappa shape index (κ2) is 6.91. The summed E-state index contributed by atoms with van der Waals surface area (Å²) < 4.78 is 16.1. The smallest absolute Gasteiger partial charge is 0.248 e. The van der Waals surface area contributed by atoms with E-state index in [1.54, 1.807) is 20.3 Å². The first-order valence-electron chi connectivity index (χ1n) is 6.53. The van der Waals surface area contributed by atoms with Gasteiger partial charge in [-0.15, -0.1) is 10.2 Å². The zero-order valence-corrected chi connectivity index (χ0v) is 12.0. The zero-order chi connectivity index (χ0) is 14.4. The van der Waals surface area contributed by atoms with Crippen molar-refractivity contribution < 1.29 is 13.9 Å². The molecule has 0 aliphatic carbocycles. The lowest BCUT2D eigenvalue weighted by atomic mass is 10.2. The molecule has 2 aromatic rings. The summed E-state index contributed by atoms with van der Waals surface area (Å²) in [6.45, 7) is 3.60. The highest BCUT2D eigenvalue weighted by Crippen LogP contribution is 2.28. The van der Waals surface area contributed by atoms with Crippen LogP contribution in [0.1, 0.15) is 19.2 Å².